The molecule has 1 amide bonds. The van der Waals surface area contributed by atoms with Gasteiger partial charge in [-0.25, -0.2) is 0 Å². The molecule has 0 spiro atoms. The van der Waals surface area contributed by atoms with Gasteiger partial charge in [0.15, 0.2) is 0 Å². The monoisotopic (exact) mass is 282 g/mol. The first kappa shape index (κ1) is 15.8. The molecule has 0 aromatic rings. The third-order valence-corrected chi connectivity index (χ3v) is 5.39. The molecule has 4 nitrogen and oxygen atoms in total. The van der Waals surface area contributed by atoms with Crippen LogP contribution in [-0.4, -0.2) is 30.7 Å². The topological polar surface area (TPSA) is 75.4 Å². The molecule has 2 aliphatic carbocycles. The van der Waals surface area contributed by atoms with Gasteiger partial charge in [-0.2, -0.15) is 0 Å². The van der Waals surface area contributed by atoms with Crippen molar-refractivity contribution in [3.05, 3.63) is 0 Å². The van der Waals surface area contributed by atoms with Crippen LogP contribution in [0.1, 0.15) is 51.4 Å². The fourth-order valence-electron chi connectivity index (χ4n) is 3.99. The Morgan fingerprint density at radius 3 is 2.25 bits per heavy atom. The van der Waals surface area contributed by atoms with Gasteiger partial charge in [-0.1, -0.05) is 25.7 Å². The molecule has 0 radical (unpaired) electrons. The van der Waals surface area contributed by atoms with Crippen LogP contribution in [0.5, 0.6) is 0 Å². The van der Waals surface area contributed by atoms with Crippen molar-refractivity contribution >= 4 is 5.91 Å². The molecular weight excluding hydrogens is 252 g/mol. The normalized spacial score (nSPS) is 34.7. The molecule has 2 rings (SSSR count). The van der Waals surface area contributed by atoms with Crippen molar-refractivity contribution in [2.75, 3.05) is 19.7 Å². The van der Waals surface area contributed by atoms with E-state index in [0.717, 1.165) is 38.6 Å². The largest absolute Gasteiger partial charge is 0.396 e. The lowest BCUT2D eigenvalue weighted by atomic mass is 9.77. The zero-order valence-electron chi connectivity index (χ0n) is 12.5. The second kappa shape index (κ2) is 7.99. The lowest BCUT2D eigenvalue weighted by Crippen LogP contribution is -2.42. The fourth-order valence-corrected chi connectivity index (χ4v) is 3.99. The van der Waals surface area contributed by atoms with Crippen LogP contribution >= 0.6 is 0 Å². The quantitative estimate of drug-likeness (QED) is 0.718. The summed E-state index contributed by atoms with van der Waals surface area (Å²) in [6.07, 6.45) is 9.12. The highest BCUT2D eigenvalue weighted by molar-refractivity contribution is 5.79. The van der Waals surface area contributed by atoms with Crippen LogP contribution in [-0.2, 0) is 4.79 Å². The molecule has 0 aliphatic heterocycles. The molecule has 0 bridgehead atoms. The minimum Gasteiger partial charge on any atom is -0.396 e. The summed E-state index contributed by atoms with van der Waals surface area (Å²) in [6, 6.07) is 0. The van der Waals surface area contributed by atoms with Crippen molar-refractivity contribution < 1.29 is 9.90 Å². The van der Waals surface area contributed by atoms with Gasteiger partial charge in [0.2, 0.25) is 5.91 Å². The van der Waals surface area contributed by atoms with E-state index in [1.54, 1.807) is 0 Å². The van der Waals surface area contributed by atoms with E-state index >= 15 is 0 Å². The highest BCUT2D eigenvalue weighted by Crippen LogP contribution is 2.31. The molecule has 0 aromatic carbocycles. The van der Waals surface area contributed by atoms with E-state index < -0.39 is 0 Å². The third kappa shape index (κ3) is 3.95. The van der Waals surface area contributed by atoms with Crippen molar-refractivity contribution in [1.82, 2.24) is 5.32 Å². The van der Waals surface area contributed by atoms with Gasteiger partial charge in [-0.15, -0.1) is 0 Å². The summed E-state index contributed by atoms with van der Waals surface area (Å²) in [7, 11) is 0. The SMILES string of the molecule is NCC1CCCCC1C(=O)NCC1CCCCC1CO. The molecule has 4 N–H and O–H groups in total. The first-order valence-corrected chi connectivity index (χ1v) is 8.35. The average Bonchev–Trinajstić information content (AvgIpc) is 2.52. The second-order valence-electron chi connectivity index (χ2n) is 6.62. The summed E-state index contributed by atoms with van der Waals surface area (Å²) in [6.45, 7) is 1.62. The van der Waals surface area contributed by atoms with E-state index in [4.69, 9.17) is 5.73 Å². The zero-order chi connectivity index (χ0) is 14.4. The fraction of sp³-hybridized carbons (Fsp3) is 0.938. The maximum Gasteiger partial charge on any atom is 0.223 e. The number of carbonyl (C=O) groups excluding carboxylic acids is 1. The first-order valence-electron chi connectivity index (χ1n) is 8.35. The number of carbonyl (C=O) groups is 1. The minimum atomic E-state index is 0.116. The van der Waals surface area contributed by atoms with Gasteiger partial charge < -0.3 is 16.2 Å². The molecule has 2 aliphatic rings. The summed E-state index contributed by atoms with van der Waals surface area (Å²) >= 11 is 0. The number of nitrogens with one attached hydrogen (secondary N) is 1. The van der Waals surface area contributed by atoms with E-state index in [9.17, 15) is 9.90 Å². The molecule has 2 saturated carbocycles. The minimum absolute atomic E-state index is 0.116. The molecule has 116 valence electrons. The molecule has 20 heavy (non-hydrogen) atoms. The predicted molar refractivity (Wildman–Crippen MR) is 80.0 cm³/mol. The first-order chi connectivity index (χ1) is 9.76. The maximum absolute atomic E-state index is 12.4. The summed E-state index contributed by atoms with van der Waals surface area (Å²) in [4.78, 5) is 12.4. The number of aliphatic hydroxyl groups is 1. The number of hydrogen-bond donors (Lipinski definition) is 3. The van der Waals surface area contributed by atoms with Crippen LogP contribution in [0.4, 0.5) is 0 Å². The summed E-state index contributed by atoms with van der Waals surface area (Å²) in [5.74, 6) is 1.51. The van der Waals surface area contributed by atoms with Crippen molar-refractivity contribution in [3.63, 3.8) is 0 Å². The molecule has 4 atom stereocenters. The molecular formula is C16H30N2O2. The van der Waals surface area contributed by atoms with Crippen LogP contribution in [0, 0.1) is 23.7 Å². The van der Waals surface area contributed by atoms with Crippen molar-refractivity contribution in [2.45, 2.75) is 51.4 Å². The average molecular weight is 282 g/mol. The summed E-state index contributed by atoms with van der Waals surface area (Å²) in [5, 5.41) is 12.6. The van der Waals surface area contributed by atoms with Gasteiger partial charge in [-0.3, -0.25) is 4.79 Å². The van der Waals surface area contributed by atoms with E-state index in [0.29, 0.717) is 24.3 Å². The Hall–Kier alpha value is -0.610. The van der Waals surface area contributed by atoms with Crippen LogP contribution in [0.15, 0.2) is 0 Å². The second-order valence-corrected chi connectivity index (χ2v) is 6.62. The highest BCUT2D eigenvalue weighted by Gasteiger charge is 2.31. The molecule has 0 heterocycles. The Labute approximate surface area is 122 Å². The van der Waals surface area contributed by atoms with Crippen molar-refractivity contribution in [1.29, 1.82) is 0 Å². The molecule has 0 aromatic heterocycles. The van der Waals surface area contributed by atoms with E-state index in [-0.39, 0.29) is 18.4 Å². The molecule has 4 unspecified atom stereocenters. The highest BCUT2D eigenvalue weighted by atomic mass is 16.3. The standard InChI is InChI=1S/C16H30N2O2/c17-9-12-5-3-4-8-15(12)16(20)18-10-13-6-1-2-7-14(13)11-19/h12-15,19H,1-11,17H2,(H,18,20). The summed E-state index contributed by atoms with van der Waals surface area (Å²) in [5.41, 5.74) is 5.80. The number of hydrogen-bond acceptors (Lipinski definition) is 3. The van der Waals surface area contributed by atoms with Gasteiger partial charge in [0, 0.05) is 19.1 Å². The Morgan fingerprint density at radius 2 is 1.60 bits per heavy atom. The van der Waals surface area contributed by atoms with Gasteiger partial charge in [0.05, 0.1) is 0 Å². The van der Waals surface area contributed by atoms with Gasteiger partial charge >= 0.3 is 0 Å². The van der Waals surface area contributed by atoms with Crippen LogP contribution in [0.2, 0.25) is 0 Å². The number of rotatable bonds is 5. The van der Waals surface area contributed by atoms with Crippen LogP contribution in [0.3, 0.4) is 0 Å². The lowest BCUT2D eigenvalue weighted by Gasteiger charge is -2.33. The lowest BCUT2D eigenvalue weighted by molar-refractivity contribution is -0.128. The predicted octanol–water partition coefficient (Wildman–Crippen LogP) is 1.67. The Bertz CT molecular complexity index is 309. The maximum atomic E-state index is 12.4. The van der Waals surface area contributed by atoms with E-state index in [1.165, 1.54) is 19.3 Å². The zero-order valence-corrected chi connectivity index (χ0v) is 12.5. The van der Waals surface area contributed by atoms with Crippen molar-refractivity contribution in [2.24, 2.45) is 29.4 Å². The molecule has 0 saturated heterocycles. The number of aliphatic hydroxyl groups excluding tert-OH is 1. The molecule has 4 heteroatoms. The van der Waals surface area contributed by atoms with Crippen LogP contribution in [0.25, 0.3) is 0 Å². The third-order valence-electron chi connectivity index (χ3n) is 5.39. The Balaban J connectivity index is 1.81. The molecule has 2 fully saturated rings. The van der Waals surface area contributed by atoms with Crippen molar-refractivity contribution in [3.8, 4) is 0 Å². The smallest absolute Gasteiger partial charge is 0.223 e. The van der Waals surface area contributed by atoms with E-state index in [1.807, 2.05) is 0 Å². The van der Waals surface area contributed by atoms with Gasteiger partial charge in [0.25, 0.3) is 0 Å². The van der Waals surface area contributed by atoms with Gasteiger partial charge in [-0.05, 0) is 50.0 Å². The Kier molecular flexibility index (Phi) is 6.30. The van der Waals surface area contributed by atoms with E-state index in [2.05, 4.69) is 5.32 Å². The van der Waals surface area contributed by atoms with Crippen LogP contribution < -0.4 is 11.1 Å². The number of amides is 1. The Morgan fingerprint density at radius 1 is 1.00 bits per heavy atom. The summed E-state index contributed by atoms with van der Waals surface area (Å²) < 4.78 is 0. The van der Waals surface area contributed by atoms with Gasteiger partial charge in [0.1, 0.15) is 0 Å². The number of nitrogens with two attached hydrogens (primary N) is 1.